The van der Waals surface area contributed by atoms with E-state index < -0.39 is 4.92 Å². The average molecular weight is 371 g/mol. The molecule has 0 radical (unpaired) electrons. The summed E-state index contributed by atoms with van der Waals surface area (Å²) in [5, 5.41) is 25.7. The summed E-state index contributed by atoms with van der Waals surface area (Å²) in [5.41, 5.74) is 1.32. The highest BCUT2D eigenvalue weighted by Gasteiger charge is 2.30. The van der Waals surface area contributed by atoms with Crippen LogP contribution in [0.4, 0.5) is 5.69 Å². The van der Waals surface area contributed by atoms with Crippen molar-refractivity contribution >= 4 is 34.7 Å². The number of nitrogens with one attached hydrogen (secondary N) is 1. The first-order chi connectivity index (χ1) is 12.1. The van der Waals surface area contributed by atoms with Crippen LogP contribution >= 0.6 is 23.1 Å². The number of allylic oxidation sites excluding steroid dienone is 1. The minimum Gasteiger partial charge on any atom is -0.320 e. The third-order valence-corrected chi connectivity index (χ3v) is 5.82. The first-order valence-corrected chi connectivity index (χ1v) is 9.28. The summed E-state index contributed by atoms with van der Waals surface area (Å²) in [6.45, 7) is 0. The summed E-state index contributed by atoms with van der Waals surface area (Å²) >= 11 is 2.84. The Balaban J connectivity index is 1.84. The van der Waals surface area contributed by atoms with E-state index in [2.05, 4.69) is 11.4 Å². The zero-order chi connectivity index (χ0) is 17.8. The first-order valence-electron chi connectivity index (χ1n) is 7.42. The minimum atomic E-state index is -0.441. The monoisotopic (exact) mass is 371 g/mol. The van der Waals surface area contributed by atoms with Crippen LogP contribution in [0.2, 0.25) is 0 Å². The van der Waals surface area contributed by atoms with Crippen molar-refractivity contribution in [1.29, 1.82) is 5.26 Å². The van der Waals surface area contributed by atoms with Crippen molar-refractivity contribution in [1.82, 2.24) is 5.32 Å². The van der Waals surface area contributed by atoms with Crippen molar-refractivity contribution in [2.24, 2.45) is 0 Å². The number of amides is 1. The third-order valence-electron chi connectivity index (χ3n) is 3.75. The van der Waals surface area contributed by atoms with Gasteiger partial charge in [-0.25, -0.2) is 0 Å². The SMILES string of the molecule is N#CC1=C(SCc2cccc([N+](=O)[O-])c2)NC(=O)C[C@@H]1c1cccs1. The molecule has 8 heteroatoms. The maximum absolute atomic E-state index is 12.0. The van der Waals surface area contributed by atoms with Crippen LogP contribution in [0.3, 0.4) is 0 Å². The number of nitrogens with zero attached hydrogens (tertiary/aromatic N) is 2. The number of rotatable bonds is 5. The van der Waals surface area contributed by atoms with Crippen LogP contribution in [-0.4, -0.2) is 10.8 Å². The van der Waals surface area contributed by atoms with Gasteiger partial charge < -0.3 is 5.32 Å². The predicted molar refractivity (Wildman–Crippen MR) is 96.9 cm³/mol. The molecule has 1 aliphatic rings. The molecule has 6 nitrogen and oxygen atoms in total. The number of thioether (sulfide) groups is 1. The summed E-state index contributed by atoms with van der Waals surface area (Å²) in [6, 6.07) is 12.4. The maximum atomic E-state index is 12.0. The molecule has 1 aromatic heterocycles. The fourth-order valence-electron chi connectivity index (χ4n) is 2.58. The summed E-state index contributed by atoms with van der Waals surface area (Å²) in [7, 11) is 0. The van der Waals surface area contributed by atoms with Gasteiger partial charge in [0, 0.05) is 35.1 Å². The van der Waals surface area contributed by atoms with Gasteiger partial charge in [-0.05, 0) is 17.0 Å². The molecule has 0 unspecified atom stereocenters. The van der Waals surface area contributed by atoms with Gasteiger partial charge in [0.2, 0.25) is 5.91 Å². The number of carbonyl (C=O) groups is 1. The molecule has 1 amide bonds. The summed E-state index contributed by atoms with van der Waals surface area (Å²) in [6.07, 6.45) is 0.254. The Labute approximate surface area is 152 Å². The van der Waals surface area contributed by atoms with E-state index in [4.69, 9.17) is 0 Å². The van der Waals surface area contributed by atoms with Crippen LogP contribution in [0.25, 0.3) is 0 Å². The molecule has 2 aromatic rings. The lowest BCUT2D eigenvalue weighted by Gasteiger charge is -2.24. The molecule has 3 rings (SSSR count). The van der Waals surface area contributed by atoms with Crippen molar-refractivity contribution in [3.8, 4) is 6.07 Å². The zero-order valence-electron chi connectivity index (χ0n) is 13.0. The molecule has 1 atom stereocenters. The second kappa shape index (κ2) is 7.51. The lowest BCUT2D eigenvalue weighted by Crippen LogP contribution is -2.30. The zero-order valence-corrected chi connectivity index (χ0v) is 14.6. The Kier molecular flexibility index (Phi) is 5.16. The van der Waals surface area contributed by atoms with Gasteiger partial charge in [0.1, 0.15) is 0 Å². The average Bonchev–Trinajstić information content (AvgIpc) is 3.14. The summed E-state index contributed by atoms with van der Waals surface area (Å²) in [4.78, 5) is 23.5. The highest BCUT2D eigenvalue weighted by Crippen LogP contribution is 2.38. The molecular weight excluding hydrogens is 358 g/mol. The largest absolute Gasteiger partial charge is 0.320 e. The van der Waals surface area contributed by atoms with Crippen molar-refractivity contribution in [3.05, 3.63) is 72.9 Å². The highest BCUT2D eigenvalue weighted by molar-refractivity contribution is 8.02. The fourth-order valence-corrected chi connectivity index (χ4v) is 4.44. The molecule has 126 valence electrons. The molecule has 0 bridgehead atoms. The van der Waals surface area contributed by atoms with Crippen molar-refractivity contribution in [2.75, 3.05) is 0 Å². The van der Waals surface area contributed by atoms with E-state index in [1.54, 1.807) is 12.1 Å². The van der Waals surface area contributed by atoms with Gasteiger partial charge in [0.05, 0.1) is 21.6 Å². The van der Waals surface area contributed by atoms with Gasteiger partial charge in [0.15, 0.2) is 0 Å². The minimum absolute atomic E-state index is 0.0247. The number of hydrogen-bond acceptors (Lipinski definition) is 6. The molecular formula is C17H13N3O3S2. The number of nitriles is 1. The quantitative estimate of drug-likeness (QED) is 0.634. The molecule has 1 aliphatic heterocycles. The van der Waals surface area contributed by atoms with Crippen molar-refractivity contribution < 1.29 is 9.72 Å². The molecule has 0 saturated heterocycles. The topological polar surface area (TPSA) is 96.0 Å². The lowest BCUT2D eigenvalue weighted by atomic mass is 9.93. The van der Waals surface area contributed by atoms with Gasteiger partial charge >= 0.3 is 0 Å². The second-order valence-corrected chi connectivity index (χ2v) is 7.36. The molecule has 0 aliphatic carbocycles. The van der Waals surface area contributed by atoms with Gasteiger partial charge in [-0.3, -0.25) is 14.9 Å². The van der Waals surface area contributed by atoms with Crippen LogP contribution < -0.4 is 5.32 Å². The second-order valence-electron chi connectivity index (χ2n) is 5.39. The maximum Gasteiger partial charge on any atom is 0.269 e. The van der Waals surface area contributed by atoms with Crippen LogP contribution in [0, 0.1) is 21.4 Å². The van der Waals surface area contributed by atoms with E-state index in [9.17, 15) is 20.2 Å². The van der Waals surface area contributed by atoms with Crippen molar-refractivity contribution in [3.63, 3.8) is 0 Å². The lowest BCUT2D eigenvalue weighted by molar-refractivity contribution is -0.384. The molecule has 0 fully saturated rings. The Morgan fingerprint density at radius 1 is 1.40 bits per heavy atom. The fraction of sp³-hybridized carbons (Fsp3) is 0.176. The van der Waals surface area contributed by atoms with E-state index in [-0.39, 0.29) is 23.9 Å². The molecule has 2 heterocycles. The number of nitro groups is 1. The summed E-state index contributed by atoms with van der Waals surface area (Å²) in [5.74, 6) is 0.0740. The Bertz CT molecular complexity index is 885. The van der Waals surface area contributed by atoms with E-state index in [1.807, 2.05) is 17.5 Å². The van der Waals surface area contributed by atoms with E-state index in [1.165, 1.54) is 35.2 Å². The van der Waals surface area contributed by atoms with Gasteiger partial charge in [-0.2, -0.15) is 5.26 Å². The van der Waals surface area contributed by atoms with Crippen molar-refractivity contribution in [2.45, 2.75) is 18.1 Å². The van der Waals surface area contributed by atoms with Crippen LogP contribution in [0.1, 0.15) is 22.8 Å². The summed E-state index contributed by atoms with van der Waals surface area (Å²) < 4.78 is 0. The van der Waals surface area contributed by atoms with E-state index in [0.717, 1.165) is 10.4 Å². The third kappa shape index (κ3) is 3.90. The number of benzene rings is 1. The Morgan fingerprint density at radius 2 is 2.24 bits per heavy atom. The van der Waals surface area contributed by atoms with Gasteiger partial charge in [-0.1, -0.05) is 18.2 Å². The van der Waals surface area contributed by atoms with E-state index in [0.29, 0.717) is 16.4 Å². The van der Waals surface area contributed by atoms with Gasteiger partial charge in [0.25, 0.3) is 5.69 Å². The molecule has 1 aromatic carbocycles. The first kappa shape index (κ1) is 17.2. The number of hydrogen-bond donors (Lipinski definition) is 1. The molecule has 1 N–H and O–H groups in total. The Morgan fingerprint density at radius 3 is 2.92 bits per heavy atom. The smallest absolute Gasteiger partial charge is 0.269 e. The predicted octanol–water partition coefficient (Wildman–Crippen LogP) is 3.93. The van der Waals surface area contributed by atoms with Crippen LogP contribution in [-0.2, 0) is 10.5 Å². The standard InChI is InChI=1S/C17H13N3O3S2/c18-9-14-13(15-5-2-6-24-15)8-16(21)19-17(14)25-10-11-3-1-4-12(7-11)20(22)23/h1-7,13H,8,10H2,(H,19,21)/t13-/m0/s1. The number of non-ortho nitro benzene ring substituents is 1. The normalized spacial score (nSPS) is 17.1. The molecule has 25 heavy (non-hydrogen) atoms. The molecule has 0 spiro atoms. The number of carbonyl (C=O) groups excluding carboxylic acids is 1. The number of nitro benzene ring substituents is 1. The van der Waals surface area contributed by atoms with E-state index >= 15 is 0 Å². The van der Waals surface area contributed by atoms with Crippen LogP contribution in [0.5, 0.6) is 0 Å². The van der Waals surface area contributed by atoms with Crippen LogP contribution in [0.15, 0.2) is 52.4 Å². The number of thiophene rings is 1. The Hall–Kier alpha value is -2.63. The molecule has 0 saturated carbocycles. The highest BCUT2D eigenvalue weighted by atomic mass is 32.2. The van der Waals surface area contributed by atoms with Gasteiger partial charge in [-0.15, -0.1) is 23.1 Å².